The fourth-order valence-corrected chi connectivity index (χ4v) is 6.12. The zero-order valence-electron chi connectivity index (χ0n) is 11.4. The summed E-state index contributed by atoms with van der Waals surface area (Å²) in [5.74, 6) is -0.194. The number of nitrogens with one attached hydrogen (secondary N) is 1. The molecule has 2 rings (SSSR count). The number of nitrogen functional groups attached to an aromatic ring is 1. The van der Waals surface area contributed by atoms with Gasteiger partial charge in [0, 0.05) is 5.54 Å². The van der Waals surface area contributed by atoms with E-state index in [4.69, 9.17) is 5.73 Å². The number of rotatable bonds is 3. The molecule has 0 bridgehead atoms. The molecule has 3 N–H and O–H groups in total. The maximum absolute atomic E-state index is 12.4. The Morgan fingerprint density at radius 3 is 2.50 bits per heavy atom. The number of nitrogens with two attached hydrogens (primary N) is 1. The summed E-state index contributed by atoms with van der Waals surface area (Å²) in [6, 6.07) is 4.65. The highest BCUT2D eigenvalue weighted by Gasteiger charge is 2.41. The topological polar surface area (TPSA) is 106 Å². The monoisotopic (exact) mass is 318 g/mol. The minimum atomic E-state index is -3.84. The second kappa shape index (κ2) is 4.71. The van der Waals surface area contributed by atoms with Crippen LogP contribution in [0.4, 0.5) is 5.69 Å². The minimum absolute atomic E-state index is 0.00456. The first-order valence-corrected chi connectivity index (χ1v) is 9.44. The first-order valence-electron chi connectivity index (χ1n) is 6.14. The average molecular weight is 318 g/mol. The number of aryl methyl sites for hydroxylation is 1. The number of sulfonamides is 1. The van der Waals surface area contributed by atoms with Gasteiger partial charge in [0.25, 0.3) is 0 Å². The lowest BCUT2D eigenvalue weighted by Gasteiger charge is -2.24. The average Bonchev–Trinajstić information content (AvgIpc) is 2.50. The molecule has 1 unspecified atom stereocenters. The van der Waals surface area contributed by atoms with E-state index in [-0.39, 0.29) is 28.5 Å². The third kappa shape index (κ3) is 3.13. The van der Waals surface area contributed by atoms with E-state index in [1.165, 1.54) is 6.07 Å². The van der Waals surface area contributed by atoms with Crippen LogP contribution in [0.3, 0.4) is 0 Å². The molecular weight excluding hydrogens is 300 g/mol. The van der Waals surface area contributed by atoms with Gasteiger partial charge in [0.2, 0.25) is 10.0 Å². The molecular formula is C12H18N2O4S2. The zero-order valence-corrected chi connectivity index (χ0v) is 13.0. The van der Waals surface area contributed by atoms with E-state index in [0.717, 1.165) is 5.56 Å². The van der Waals surface area contributed by atoms with Crippen molar-refractivity contribution in [2.75, 3.05) is 17.2 Å². The number of hydrogen-bond donors (Lipinski definition) is 2. The SMILES string of the molecule is Cc1ccc(S(=O)(=O)NC2(C)CCS(=O)(=O)C2)c(N)c1. The summed E-state index contributed by atoms with van der Waals surface area (Å²) < 4.78 is 50.2. The van der Waals surface area contributed by atoms with Crippen LogP contribution in [0.2, 0.25) is 0 Å². The van der Waals surface area contributed by atoms with E-state index in [2.05, 4.69) is 4.72 Å². The third-order valence-corrected chi connectivity index (χ3v) is 6.95. The van der Waals surface area contributed by atoms with Crippen LogP contribution in [0.5, 0.6) is 0 Å². The molecule has 1 heterocycles. The summed E-state index contributed by atoms with van der Waals surface area (Å²) in [4.78, 5) is -0.0198. The van der Waals surface area contributed by atoms with Crippen molar-refractivity contribution in [3.8, 4) is 0 Å². The van der Waals surface area contributed by atoms with Gasteiger partial charge in [-0.05, 0) is 38.0 Å². The maximum atomic E-state index is 12.4. The van der Waals surface area contributed by atoms with E-state index in [9.17, 15) is 16.8 Å². The number of sulfone groups is 1. The summed E-state index contributed by atoms with van der Waals surface area (Å²) in [5.41, 5.74) is 5.78. The van der Waals surface area contributed by atoms with Crippen LogP contribution >= 0.6 is 0 Å². The van der Waals surface area contributed by atoms with E-state index in [1.807, 2.05) is 6.92 Å². The van der Waals surface area contributed by atoms with Gasteiger partial charge in [0.15, 0.2) is 9.84 Å². The molecule has 8 heteroatoms. The molecule has 0 radical (unpaired) electrons. The number of anilines is 1. The van der Waals surface area contributed by atoms with Gasteiger partial charge in [-0.2, -0.15) is 0 Å². The molecule has 6 nitrogen and oxygen atoms in total. The van der Waals surface area contributed by atoms with Crippen molar-refractivity contribution in [2.45, 2.75) is 30.7 Å². The molecule has 0 saturated carbocycles. The maximum Gasteiger partial charge on any atom is 0.243 e. The summed E-state index contributed by atoms with van der Waals surface area (Å²) in [6.07, 6.45) is 0.264. The Morgan fingerprint density at radius 2 is 2.00 bits per heavy atom. The van der Waals surface area contributed by atoms with Gasteiger partial charge in [-0.1, -0.05) is 6.07 Å². The lowest BCUT2D eigenvalue weighted by molar-refractivity contribution is 0.462. The molecule has 1 fully saturated rings. The highest BCUT2D eigenvalue weighted by atomic mass is 32.2. The van der Waals surface area contributed by atoms with E-state index >= 15 is 0 Å². The highest BCUT2D eigenvalue weighted by molar-refractivity contribution is 7.92. The van der Waals surface area contributed by atoms with Crippen LogP contribution in [-0.4, -0.2) is 33.9 Å². The largest absolute Gasteiger partial charge is 0.398 e. The van der Waals surface area contributed by atoms with E-state index in [0.29, 0.717) is 0 Å². The molecule has 1 aliphatic rings. The van der Waals surface area contributed by atoms with Crippen molar-refractivity contribution < 1.29 is 16.8 Å². The van der Waals surface area contributed by atoms with Gasteiger partial charge in [0.1, 0.15) is 4.90 Å². The van der Waals surface area contributed by atoms with Crippen molar-refractivity contribution in [1.82, 2.24) is 4.72 Å². The van der Waals surface area contributed by atoms with Crippen LogP contribution < -0.4 is 10.5 Å². The minimum Gasteiger partial charge on any atom is -0.398 e. The van der Waals surface area contributed by atoms with Gasteiger partial charge in [-0.3, -0.25) is 0 Å². The standard InChI is InChI=1S/C12H18N2O4S2/c1-9-3-4-11(10(13)7-9)20(17,18)14-12(2)5-6-19(15,16)8-12/h3-4,7,14H,5-6,8,13H2,1-2H3. The van der Waals surface area contributed by atoms with E-state index < -0.39 is 25.4 Å². The fraction of sp³-hybridized carbons (Fsp3) is 0.500. The van der Waals surface area contributed by atoms with Gasteiger partial charge in [-0.25, -0.2) is 21.6 Å². The van der Waals surface area contributed by atoms with Crippen molar-refractivity contribution in [3.63, 3.8) is 0 Å². The molecule has 0 spiro atoms. The van der Waals surface area contributed by atoms with Crippen molar-refractivity contribution in [3.05, 3.63) is 23.8 Å². The van der Waals surface area contributed by atoms with Crippen molar-refractivity contribution >= 4 is 25.5 Å². The molecule has 0 aliphatic carbocycles. The normalized spacial score (nSPS) is 25.7. The van der Waals surface area contributed by atoms with Gasteiger partial charge in [0.05, 0.1) is 17.2 Å². The summed E-state index contributed by atoms with van der Waals surface area (Å²) >= 11 is 0. The lowest BCUT2D eigenvalue weighted by atomic mass is 10.0. The highest BCUT2D eigenvalue weighted by Crippen LogP contribution is 2.27. The summed E-state index contributed by atoms with van der Waals surface area (Å²) in [7, 11) is -7.02. The fourth-order valence-electron chi connectivity index (χ4n) is 2.38. The Bertz CT molecular complexity index is 741. The van der Waals surface area contributed by atoms with Gasteiger partial charge < -0.3 is 5.73 Å². The number of benzene rings is 1. The molecule has 0 aromatic heterocycles. The molecule has 20 heavy (non-hydrogen) atoms. The summed E-state index contributed by atoms with van der Waals surface area (Å²) in [6.45, 7) is 3.41. The molecule has 1 saturated heterocycles. The van der Waals surface area contributed by atoms with Crippen molar-refractivity contribution in [2.24, 2.45) is 0 Å². The Kier molecular flexibility index (Phi) is 3.60. The molecule has 1 atom stereocenters. The molecule has 1 aromatic rings. The van der Waals surface area contributed by atoms with Crippen LogP contribution in [0.25, 0.3) is 0 Å². The first-order chi connectivity index (χ1) is 9.03. The second-order valence-corrected chi connectivity index (χ2v) is 9.38. The van der Waals surface area contributed by atoms with Crippen LogP contribution in [-0.2, 0) is 19.9 Å². The molecule has 1 aromatic carbocycles. The first kappa shape index (κ1) is 15.3. The van der Waals surface area contributed by atoms with E-state index in [1.54, 1.807) is 19.1 Å². The quantitative estimate of drug-likeness (QED) is 0.786. The van der Waals surface area contributed by atoms with Gasteiger partial charge in [-0.15, -0.1) is 0 Å². The zero-order chi connectivity index (χ0) is 15.2. The third-order valence-electron chi connectivity index (χ3n) is 3.34. The molecule has 112 valence electrons. The summed E-state index contributed by atoms with van der Waals surface area (Å²) in [5, 5.41) is 0. The predicted octanol–water partition coefficient (Wildman–Crippen LogP) is 0.433. The Labute approximate surface area is 119 Å². The lowest BCUT2D eigenvalue weighted by Crippen LogP contribution is -2.46. The molecule has 0 amide bonds. The smallest absolute Gasteiger partial charge is 0.243 e. The predicted molar refractivity (Wildman–Crippen MR) is 77.6 cm³/mol. The Hall–Kier alpha value is -1.12. The van der Waals surface area contributed by atoms with Crippen LogP contribution in [0.15, 0.2) is 23.1 Å². The van der Waals surface area contributed by atoms with Crippen molar-refractivity contribution in [1.29, 1.82) is 0 Å². The number of hydrogen-bond acceptors (Lipinski definition) is 5. The van der Waals surface area contributed by atoms with Gasteiger partial charge >= 0.3 is 0 Å². The molecule has 1 aliphatic heterocycles. The Balaban J connectivity index is 2.33. The second-order valence-electron chi connectivity index (χ2n) is 5.55. The van der Waals surface area contributed by atoms with Crippen LogP contribution in [0, 0.1) is 6.92 Å². The Morgan fingerprint density at radius 1 is 1.35 bits per heavy atom. The van der Waals surface area contributed by atoms with Crippen LogP contribution in [0.1, 0.15) is 18.9 Å².